The van der Waals surface area contributed by atoms with Crippen molar-refractivity contribution in [1.82, 2.24) is 4.90 Å². The van der Waals surface area contributed by atoms with Gasteiger partial charge in [0.15, 0.2) is 0 Å². The third kappa shape index (κ3) is 9.84. The van der Waals surface area contributed by atoms with Crippen LogP contribution in [-0.4, -0.2) is 54.5 Å². The van der Waals surface area contributed by atoms with Gasteiger partial charge in [0.1, 0.15) is 0 Å². The van der Waals surface area contributed by atoms with Crippen LogP contribution in [0, 0.1) is 11.8 Å². The van der Waals surface area contributed by atoms with Gasteiger partial charge in [0, 0.05) is 31.4 Å². The Hall–Kier alpha value is -3.36. The van der Waals surface area contributed by atoms with Crippen LogP contribution in [0.3, 0.4) is 0 Å². The summed E-state index contributed by atoms with van der Waals surface area (Å²) in [7, 11) is 1.88. The molecular weight excluding hydrogens is 468 g/mol. The van der Waals surface area contributed by atoms with E-state index in [-0.39, 0.29) is 6.61 Å². The first-order valence-electron chi connectivity index (χ1n) is 13.7. The number of aliphatic hydroxyl groups is 2. The molecule has 0 bridgehead atoms. The van der Waals surface area contributed by atoms with Crippen molar-refractivity contribution in [2.75, 3.05) is 38.2 Å². The molecule has 38 heavy (non-hydrogen) atoms. The van der Waals surface area contributed by atoms with E-state index >= 15 is 0 Å². The molecular formula is C34H42N2O2. The lowest BCUT2D eigenvalue weighted by Gasteiger charge is -2.27. The van der Waals surface area contributed by atoms with E-state index < -0.39 is 6.10 Å². The fourth-order valence-electron chi connectivity index (χ4n) is 4.52. The van der Waals surface area contributed by atoms with E-state index in [9.17, 15) is 5.11 Å². The van der Waals surface area contributed by atoms with Crippen LogP contribution in [0.4, 0.5) is 5.69 Å². The molecule has 4 heteroatoms. The summed E-state index contributed by atoms with van der Waals surface area (Å²) in [6.07, 6.45) is 8.42. The number of hydrogen-bond acceptors (Lipinski definition) is 4. The fourth-order valence-corrected chi connectivity index (χ4v) is 4.52. The Bertz CT molecular complexity index is 1160. The van der Waals surface area contributed by atoms with E-state index in [0.717, 1.165) is 24.2 Å². The molecule has 2 N–H and O–H groups in total. The van der Waals surface area contributed by atoms with E-state index in [4.69, 9.17) is 5.11 Å². The highest BCUT2D eigenvalue weighted by Crippen LogP contribution is 2.27. The van der Waals surface area contributed by atoms with Crippen LogP contribution in [-0.2, 0) is 6.54 Å². The Labute approximate surface area is 229 Å². The third-order valence-electron chi connectivity index (χ3n) is 6.58. The number of piperidine rings is 1. The van der Waals surface area contributed by atoms with E-state index in [1.807, 2.05) is 48.4 Å². The second-order valence-corrected chi connectivity index (χ2v) is 9.71. The average Bonchev–Trinajstić information content (AvgIpc) is 2.97. The number of likely N-dealkylation sites (N-methyl/N-ethyl adjacent to an activating group) is 1. The normalized spacial score (nSPS) is 14.2. The van der Waals surface area contributed by atoms with E-state index in [2.05, 4.69) is 78.3 Å². The molecule has 0 amide bonds. The molecule has 4 rings (SSSR count). The van der Waals surface area contributed by atoms with Gasteiger partial charge in [0.2, 0.25) is 0 Å². The first-order valence-corrected chi connectivity index (χ1v) is 13.7. The maximum atomic E-state index is 9.20. The maximum absolute atomic E-state index is 9.20. The molecule has 3 aromatic rings. The molecule has 1 atom stereocenters. The van der Waals surface area contributed by atoms with Gasteiger partial charge in [-0.1, -0.05) is 85.9 Å². The molecule has 4 nitrogen and oxygen atoms in total. The quantitative estimate of drug-likeness (QED) is 0.358. The highest BCUT2D eigenvalue weighted by atomic mass is 16.3. The fraction of sp³-hybridized carbons (Fsp3) is 0.353. The SMILES string of the molecule is CCC=CC#Cc1ccc(-c2ccccc2)c(CN2CCCCC2)c1.CN(CC(O)CO)c1ccccc1. The van der Waals surface area contributed by atoms with E-state index in [0.29, 0.717) is 6.54 Å². The van der Waals surface area contributed by atoms with Crippen LogP contribution in [0.5, 0.6) is 0 Å². The summed E-state index contributed by atoms with van der Waals surface area (Å²) in [5.41, 5.74) is 6.16. The number of anilines is 1. The Morgan fingerprint density at radius 3 is 2.29 bits per heavy atom. The van der Waals surface area contributed by atoms with Crippen LogP contribution >= 0.6 is 0 Å². The molecule has 0 saturated carbocycles. The average molecular weight is 511 g/mol. The van der Waals surface area contributed by atoms with Crippen LogP contribution in [0.1, 0.15) is 43.7 Å². The van der Waals surface area contributed by atoms with Gasteiger partial charge in [-0.3, -0.25) is 4.90 Å². The number of allylic oxidation sites excluding steroid dienone is 2. The zero-order valence-corrected chi connectivity index (χ0v) is 22.9. The summed E-state index contributed by atoms with van der Waals surface area (Å²) in [6, 6.07) is 27.1. The molecule has 0 spiro atoms. The lowest BCUT2D eigenvalue weighted by atomic mass is 9.96. The Morgan fingerprint density at radius 2 is 1.63 bits per heavy atom. The molecule has 1 heterocycles. The van der Waals surface area contributed by atoms with Gasteiger partial charge in [0.05, 0.1) is 12.7 Å². The zero-order valence-electron chi connectivity index (χ0n) is 22.9. The lowest BCUT2D eigenvalue weighted by molar-refractivity contribution is 0.101. The molecule has 1 aliphatic heterocycles. The third-order valence-corrected chi connectivity index (χ3v) is 6.58. The molecule has 0 aromatic heterocycles. The molecule has 0 radical (unpaired) electrons. The number of likely N-dealkylation sites (tertiary alicyclic amines) is 1. The van der Waals surface area contributed by atoms with Gasteiger partial charge < -0.3 is 15.1 Å². The minimum absolute atomic E-state index is 0.197. The van der Waals surface area contributed by atoms with Crippen molar-refractivity contribution in [1.29, 1.82) is 0 Å². The first kappa shape index (κ1) is 29.2. The number of hydrogen-bond donors (Lipinski definition) is 2. The van der Waals surface area contributed by atoms with Gasteiger partial charge in [-0.05, 0) is 79.4 Å². The summed E-state index contributed by atoms with van der Waals surface area (Å²) in [5.74, 6) is 6.43. The number of rotatable bonds is 8. The Kier molecular flexibility index (Phi) is 12.7. The summed E-state index contributed by atoms with van der Waals surface area (Å²) in [6.45, 7) is 5.82. The number of nitrogens with zero attached hydrogens (tertiary/aromatic N) is 2. The molecule has 200 valence electrons. The summed E-state index contributed by atoms with van der Waals surface area (Å²) in [5, 5.41) is 17.9. The van der Waals surface area contributed by atoms with Crippen LogP contribution in [0.2, 0.25) is 0 Å². The van der Waals surface area contributed by atoms with Gasteiger partial charge in [-0.15, -0.1) is 0 Å². The summed E-state index contributed by atoms with van der Waals surface area (Å²) >= 11 is 0. The van der Waals surface area contributed by atoms with Crippen molar-refractivity contribution < 1.29 is 10.2 Å². The van der Waals surface area contributed by atoms with Gasteiger partial charge >= 0.3 is 0 Å². The standard InChI is InChI=1S/C24H27N.C10H15NO2/c1-2-3-4-7-12-21-15-16-24(22-13-8-5-9-14-22)23(19-21)20-25-17-10-6-11-18-25;1-11(7-10(13)8-12)9-5-3-2-4-6-9/h3-5,8-9,13-16,19H,2,6,10-11,17-18,20H2,1H3;2-6,10,12-13H,7-8H2,1H3. The van der Waals surface area contributed by atoms with Crippen molar-refractivity contribution in [2.24, 2.45) is 0 Å². The van der Waals surface area contributed by atoms with Gasteiger partial charge in [-0.2, -0.15) is 0 Å². The molecule has 3 aromatic carbocycles. The van der Waals surface area contributed by atoms with Crippen molar-refractivity contribution in [3.63, 3.8) is 0 Å². The van der Waals surface area contributed by atoms with Gasteiger partial charge in [-0.25, -0.2) is 0 Å². The largest absolute Gasteiger partial charge is 0.394 e. The number of aliphatic hydroxyl groups excluding tert-OH is 2. The molecule has 1 aliphatic rings. The predicted molar refractivity (Wildman–Crippen MR) is 160 cm³/mol. The molecule has 0 aliphatic carbocycles. The topological polar surface area (TPSA) is 46.9 Å². The summed E-state index contributed by atoms with van der Waals surface area (Å²) in [4.78, 5) is 4.49. The smallest absolute Gasteiger partial charge is 0.0945 e. The Morgan fingerprint density at radius 1 is 0.947 bits per heavy atom. The van der Waals surface area contributed by atoms with Crippen molar-refractivity contribution in [2.45, 2.75) is 45.3 Å². The van der Waals surface area contributed by atoms with Gasteiger partial charge in [0.25, 0.3) is 0 Å². The second kappa shape index (κ2) is 16.5. The van der Waals surface area contributed by atoms with Crippen molar-refractivity contribution in [3.05, 3.63) is 102 Å². The summed E-state index contributed by atoms with van der Waals surface area (Å²) < 4.78 is 0. The van der Waals surface area contributed by atoms with Crippen LogP contribution in [0.25, 0.3) is 11.1 Å². The van der Waals surface area contributed by atoms with Crippen molar-refractivity contribution in [3.8, 4) is 23.0 Å². The number of benzene rings is 3. The minimum atomic E-state index is -0.676. The molecule has 1 saturated heterocycles. The Balaban J connectivity index is 0.000000260. The maximum Gasteiger partial charge on any atom is 0.0945 e. The molecule has 1 fully saturated rings. The molecule has 1 unspecified atom stereocenters. The monoisotopic (exact) mass is 510 g/mol. The second-order valence-electron chi connectivity index (χ2n) is 9.71. The highest BCUT2D eigenvalue weighted by molar-refractivity contribution is 5.68. The van der Waals surface area contributed by atoms with Crippen LogP contribution in [0.15, 0.2) is 91.0 Å². The zero-order chi connectivity index (χ0) is 27.0. The number of para-hydroxylation sites is 1. The predicted octanol–water partition coefficient (Wildman–Crippen LogP) is 6.13. The van der Waals surface area contributed by atoms with Crippen molar-refractivity contribution >= 4 is 5.69 Å². The highest BCUT2D eigenvalue weighted by Gasteiger charge is 2.14. The van der Waals surface area contributed by atoms with E-state index in [1.165, 1.54) is 49.0 Å². The first-order chi connectivity index (χ1) is 18.6. The van der Waals surface area contributed by atoms with Crippen LogP contribution < -0.4 is 4.90 Å². The lowest BCUT2D eigenvalue weighted by Crippen LogP contribution is -2.31. The minimum Gasteiger partial charge on any atom is -0.394 e. The van der Waals surface area contributed by atoms with E-state index in [1.54, 1.807) is 0 Å².